The van der Waals surface area contributed by atoms with Crippen molar-refractivity contribution < 1.29 is 14.3 Å². The molecule has 2 N–H and O–H groups in total. The van der Waals surface area contributed by atoms with E-state index in [2.05, 4.69) is 11.1 Å². The maximum Gasteiger partial charge on any atom is 0.205 e. The van der Waals surface area contributed by atoms with Gasteiger partial charge in [0, 0.05) is 29.4 Å². The van der Waals surface area contributed by atoms with Gasteiger partial charge in [-0.2, -0.15) is 5.26 Å². The number of rotatable bonds is 3. The van der Waals surface area contributed by atoms with Gasteiger partial charge in [0.15, 0.2) is 5.78 Å². The lowest BCUT2D eigenvalue weighted by molar-refractivity contribution is -0.119. The van der Waals surface area contributed by atoms with Crippen LogP contribution in [-0.4, -0.2) is 17.4 Å². The van der Waals surface area contributed by atoms with Gasteiger partial charge in [-0.25, -0.2) is 4.98 Å². The number of ketones is 1. The Bertz CT molecular complexity index is 1170. The fourth-order valence-corrected chi connectivity index (χ4v) is 4.46. The second-order valence-electron chi connectivity index (χ2n) is 8.36. The van der Waals surface area contributed by atoms with E-state index in [4.69, 9.17) is 26.8 Å². The van der Waals surface area contributed by atoms with Crippen LogP contribution in [0.3, 0.4) is 0 Å². The molecule has 1 aromatic heterocycles. The Morgan fingerprint density at radius 1 is 1.37 bits per heavy atom. The summed E-state index contributed by atoms with van der Waals surface area (Å²) in [6.45, 7) is 6.46. The highest BCUT2D eigenvalue weighted by atomic mass is 35.5. The van der Waals surface area contributed by atoms with Crippen molar-refractivity contribution in [2.45, 2.75) is 39.5 Å². The Balaban J connectivity index is 1.93. The molecule has 30 heavy (non-hydrogen) atoms. The molecule has 154 valence electrons. The Labute approximate surface area is 179 Å². The number of benzene rings is 1. The normalized spacial score (nSPS) is 20.6. The number of fused-ring (bicyclic) bond motifs is 1. The number of Topliss-reactive ketones (excluding diaryl/α,β-unsaturated/α-hetero) is 1. The molecule has 1 atom stereocenters. The number of nitrogens with zero attached hydrogens (tertiary/aromatic N) is 2. The van der Waals surface area contributed by atoms with Gasteiger partial charge in [-0.1, -0.05) is 25.4 Å². The minimum absolute atomic E-state index is 0.00554. The number of carbonyl (C=O) groups is 1. The van der Waals surface area contributed by atoms with E-state index >= 15 is 0 Å². The quantitative estimate of drug-likeness (QED) is 0.716. The highest BCUT2D eigenvalue weighted by molar-refractivity contribution is 6.31. The number of nitriles is 1. The average molecular weight is 424 g/mol. The lowest BCUT2D eigenvalue weighted by atomic mass is 9.70. The topological polar surface area (TPSA) is 98.2 Å². The molecule has 2 aromatic rings. The number of ether oxygens (including phenoxy) is 2. The molecule has 0 amide bonds. The molecule has 1 aliphatic carbocycles. The molecule has 0 saturated carbocycles. The van der Waals surface area contributed by atoms with Crippen molar-refractivity contribution in [3.8, 4) is 11.8 Å². The van der Waals surface area contributed by atoms with Crippen LogP contribution in [0.4, 0.5) is 0 Å². The summed E-state index contributed by atoms with van der Waals surface area (Å²) in [7, 11) is 0. The third kappa shape index (κ3) is 3.40. The van der Waals surface area contributed by atoms with Gasteiger partial charge in [-0.05, 0) is 36.6 Å². The van der Waals surface area contributed by atoms with Crippen molar-refractivity contribution >= 4 is 28.3 Å². The van der Waals surface area contributed by atoms with Crippen LogP contribution in [0.25, 0.3) is 10.9 Å². The van der Waals surface area contributed by atoms with Crippen molar-refractivity contribution in [3.63, 3.8) is 0 Å². The van der Waals surface area contributed by atoms with Gasteiger partial charge in [0.2, 0.25) is 5.88 Å². The molecule has 0 saturated heterocycles. The molecule has 0 unspecified atom stereocenters. The number of allylic oxidation sites excluding steroid dienone is 3. The van der Waals surface area contributed by atoms with Crippen LogP contribution in [0.15, 0.2) is 47.1 Å². The third-order valence-electron chi connectivity index (χ3n) is 5.46. The number of hydrogen-bond donors (Lipinski definition) is 1. The number of halogens is 1. The predicted octanol–water partition coefficient (Wildman–Crippen LogP) is 4.74. The second kappa shape index (κ2) is 7.33. The Morgan fingerprint density at radius 2 is 2.13 bits per heavy atom. The minimum atomic E-state index is -0.706. The molecule has 2 aliphatic rings. The Morgan fingerprint density at radius 3 is 2.83 bits per heavy atom. The summed E-state index contributed by atoms with van der Waals surface area (Å²) in [5, 5.41) is 10.8. The van der Waals surface area contributed by atoms with E-state index in [1.165, 1.54) is 0 Å². The number of hydrogen-bond acceptors (Lipinski definition) is 6. The smallest absolute Gasteiger partial charge is 0.205 e. The zero-order valence-electron chi connectivity index (χ0n) is 17.1. The van der Waals surface area contributed by atoms with Gasteiger partial charge >= 0.3 is 0 Å². The van der Waals surface area contributed by atoms with Crippen molar-refractivity contribution in [1.29, 1.82) is 5.26 Å². The van der Waals surface area contributed by atoms with E-state index in [0.29, 0.717) is 47.6 Å². The van der Waals surface area contributed by atoms with Gasteiger partial charge in [-0.15, -0.1) is 0 Å². The fourth-order valence-electron chi connectivity index (χ4n) is 4.20. The Kier molecular flexibility index (Phi) is 4.95. The first-order chi connectivity index (χ1) is 14.2. The first kappa shape index (κ1) is 20.2. The number of nitrogens with two attached hydrogens (primary N) is 1. The van der Waals surface area contributed by atoms with E-state index in [0.717, 1.165) is 5.39 Å². The van der Waals surface area contributed by atoms with Crippen molar-refractivity contribution in [1.82, 2.24) is 4.98 Å². The highest BCUT2D eigenvalue weighted by Crippen LogP contribution is 2.49. The fraction of sp³-hybridized carbons (Fsp3) is 0.348. The second-order valence-corrected chi connectivity index (χ2v) is 8.72. The molecule has 1 aliphatic heterocycles. The van der Waals surface area contributed by atoms with Crippen LogP contribution in [-0.2, 0) is 9.53 Å². The van der Waals surface area contributed by atoms with Crippen molar-refractivity contribution in [2.24, 2.45) is 11.1 Å². The molecule has 0 radical (unpaired) electrons. The standard InChI is InChI=1S/C23H22ClN3O3/c1-4-29-13-5-6-16-12(7-13)8-14(21(24)27-16)19-15(11-25)22(26)30-18-10-23(2,3)9-17(28)20(18)19/h5-8,19H,4,9-10,26H2,1-3H3/t19-/m0/s1. The molecular formula is C23H22ClN3O3. The number of pyridine rings is 1. The van der Waals surface area contributed by atoms with Crippen molar-refractivity contribution in [3.05, 3.63) is 57.8 Å². The summed E-state index contributed by atoms with van der Waals surface area (Å²) in [5.74, 6) is 0.453. The lowest BCUT2D eigenvalue weighted by Crippen LogP contribution is -2.33. The first-order valence-electron chi connectivity index (χ1n) is 9.81. The molecule has 1 aromatic carbocycles. The van der Waals surface area contributed by atoms with Crippen LogP contribution < -0.4 is 10.5 Å². The summed E-state index contributed by atoms with van der Waals surface area (Å²) in [6.07, 6.45) is 0.911. The largest absolute Gasteiger partial charge is 0.494 e. The van der Waals surface area contributed by atoms with Gasteiger partial charge in [0.1, 0.15) is 28.3 Å². The van der Waals surface area contributed by atoms with Crippen LogP contribution >= 0.6 is 11.6 Å². The first-order valence-corrected chi connectivity index (χ1v) is 10.2. The molecule has 0 spiro atoms. The zero-order valence-corrected chi connectivity index (χ0v) is 17.8. The highest BCUT2D eigenvalue weighted by Gasteiger charge is 2.43. The average Bonchev–Trinajstić information content (AvgIpc) is 2.66. The molecule has 6 nitrogen and oxygen atoms in total. The maximum atomic E-state index is 13.1. The van der Waals surface area contributed by atoms with E-state index < -0.39 is 5.92 Å². The molecule has 0 bridgehead atoms. The van der Waals surface area contributed by atoms with Crippen LogP contribution in [0.1, 0.15) is 45.1 Å². The van der Waals surface area contributed by atoms with Crippen molar-refractivity contribution in [2.75, 3.05) is 6.61 Å². The van der Waals surface area contributed by atoms with Gasteiger partial charge < -0.3 is 15.2 Å². The monoisotopic (exact) mass is 423 g/mol. The summed E-state index contributed by atoms with van der Waals surface area (Å²) < 4.78 is 11.3. The molecule has 0 fully saturated rings. The minimum Gasteiger partial charge on any atom is -0.494 e. The predicted molar refractivity (Wildman–Crippen MR) is 114 cm³/mol. The zero-order chi connectivity index (χ0) is 21.6. The summed E-state index contributed by atoms with van der Waals surface area (Å²) in [6, 6.07) is 9.49. The Hall–Kier alpha value is -3.04. The van der Waals surface area contributed by atoms with Crippen LogP contribution in [0.2, 0.25) is 5.15 Å². The van der Waals surface area contributed by atoms with Gasteiger partial charge in [-0.3, -0.25) is 4.79 Å². The van der Waals surface area contributed by atoms with Gasteiger partial charge in [0.25, 0.3) is 0 Å². The molecule has 4 rings (SSSR count). The molecule has 7 heteroatoms. The van der Waals surface area contributed by atoms with E-state index in [1.807, 2.05) is 45.0 Å². The summed E-state index contributed by atoms with van der Waals surface area (Å²) >= 11 is 6.55. The summed E-state index contributed by atoms with van der Waals surface area (Å²) in [4.78, 5) is 17.6. The van der Waals surface area contributed by atoms with Crippen LogP contribution in [0.5, 0.6) is 5.75 Å². The number of carbonyl (C=O) groups excluding carboxylic acids is 1. The molecular weight excluding hydrogens is 402 g/mol. The van der Waals surface area contributed by atoms with Gasteiger partial charge in [0.05, 0.1) is 18.0 Å². The van der Waals surface area contributed by atoms with Crippen LogP contribution in [0, 0.1) is 16.7 Å². The van der Waals surface area contributed by atoms with E-state index in [9.17, 15) is 10.1 Å². The SMILES string of the molecule is CCOc1ccc2nc(Cl)c([C@H]3C(C#N)=C(N)OC4=C3C(=O)CC(C)(C)C4)cc2c1. The maximum absolute atomic E-state index is 13.1. The van der Waals surface area contributed by atoms with E-state index in [-0.39, 0.29) is 27.8 Å². The number of aromatic nitrogens is 1. The third-order valence-corrected chi connectivity index (χ3v) is 5.77. The molecule has 2 heterocycles. The van der Waals surface area contributed by atoms with E-state index in [1.54, 1.807) is 0 Å². The lowest BCUT2D eigenvalue weighted by Gasteiger charge is -2.37. The summed E-state index contributed by atoms with van der Waals surface area (Å²) in [5.41, 5.74) is 7.71.